The summed E-state index contributed by atoms with van der Waals surface area (Å²) >= 11 is 0. The Kier molecular flexibility index (Phi) is 16.2. The molecule has 27 nitrogen and oxygen atoms in total. The van der Waals surface area contributed by atoms with Gasteiger partial charge >= 0.3 is 27.3 Å². The number of phosphoric acid groups is 2. The molecule has 0 aliphatic carbocycles. The number of likely N-dealkylation sites (N-methyl/N-ethyl adjacent to an activating group) is 1. The number of aliphatic hydroxyl groups excluding tert-OH is 2. The van der Waals surface area contributed by atoms with Crippen molar-refractivity contribution in [2.75, 3.05) is 44.9 Å². The van der Waals surface area contributed by atoms with E-state index < -0.39 is 126 Å². The van der Waals surface area contributed by atoms with Crippen molar-refractivity contribution in [2.45, 2.75) is 94.3 Å². The van der Waals surface area contributed by atoms with E-state index in [0.29, 0.717) is 5.39 Å². The number of aromatic nitrogens is 5. The summed E-state index contributed by atoms with van der Waals surface area (Å²) in [5.41, 5.74) is 10.1. The minimum absolute atomic E-state index is 0.0686. The number of nitrogens with zero attached hydrogens (tertiary/aromatic N) is 6. The molecule has 2 aliphatic rings. The summed E-state index contributed by atoms with van der Waals surface area (Å²) in [6, 6.07) is 1.16. The quantitative estimate of drug-likeness (QED) is 0.0367. The Labute approximate surface area is 364 Å². The second-order valence-corrected chi connectivity index (χ2v) is 18.2. The van der Waals surface area contributed by atoms with Gasteiger partial charge in [0.15, 0.2) is 24.6 Å². The number of nitrogens with two attached hydrogens (primary N) is 2. The molecule has 2 saturated heterocycles. The SMILES string of the molecule is C=CCCC(=O)N(C)C(COCC(=O)NC(C)(C)C)C(=O)O[C@H]1[C@@H](O)[C@H](n2ccc3c(N)ncnc32)O[C@@H]1COP(=O)(O)O[C@H]1[C@@H](O)[C@H](n2ccc(N)nc2=O)O[C@@H]1COP(=O)(O)O. The molecule has 29 heteroatoms. The largest absolute Gasteiger partial charge is 0.472 e. The first-order chi connectivity index (χ1) is 29.9. The van der Waals surface area contributed by atoms with Crippen LogP contribution >= 0.6 is 15.6 Å². The van der Waals surface area contributed by atoms with E-state index in [-0.39, 0.29) is 30.1 Å². The highest BCUT2D eigenvalue weighted by Crippen LogP contribution is 2.50. The predicted octanol–water partition coefficient (Wildman–Crippen LogP) is -1.38. The number of nitrogen functional groups attached to an aromatic ring is 2. The Hall–Kier alpha value is -4.73. The van der Waals surface area contributed by atoms with Gasteiger partial charge in [-0.1, -0.05) is 6.08 Å². The summed E-state index contributed by atoms with van der Waals surface area (Å²) in [6.45, 7) is 5.72. The fourth-order valence-electron chi connectivity index (χ4n) is 6.62. The lowest BCUT2D eigenvalue weighted by atomic mass is 10.1. The van der Waals surface area contributed by atoms with Crippen LogP contribution < -0.4 is 22.5 Å². The molecule has 5 heterocycles. The van der Waals surface area contributed by atoms with Crippen LogP contribution in [0.2, 0.25) is 0 Å². The molecule has 2 fully saturated rings. The first-order valence-electron chi connectivity index (χ1n) is 19.3. The number of aliphatic hydroxyl groups is 2. The topological polar surface area (TPSA) is 384 Å². The molecule has 0 saturated carbocycles. The maximum atomic E-state index is 14.0. The average Bonchev–Trinajstić information content (AvgIpc) is 3.86. The van der Waals surface area contributed by atoms with E-state index in [1.807, 2.05) is 0 Å². The zero-order valence-electron chi connectivity index (χ0n) is 34.9. The molecule has 3 aromatic rings. The molecule has 2 unspecified atom stereocenters. The van der Waals surface area contributed by atoms with Gasteiger partial charge in [0, 0.05) is 31.4 Å². The number of ether oxygens (including phenoxy) is 4. The van der Waals surface area contributed by atoms with Crippen LogP contribution in [0.3, 0.4) is 0 Å². The lowest BCUT2D eigenvalue weighted by Crippen LogP contribution is -2.50. The van der Waals surface area contributed by atoms with Crippen molar-refractivity contribution in [3.8, 4) is 0 Å². The third-order valence-electron chi connectivity index (χ3n) is 9.59. The number of carbonyl (C=O) groups excluding carboxylic acids is 3. The molecule has 0 aromatic carbocycles. The van der Waals surface area contributed by atoms with Crippen LogP contribution in [-0.4, -0.2) is 153 Å². The lowest BCUT2D eigenvalue weighted by molar-refractivity contribution is -0.168. The Balaban J connectivity index is 1.41. The Morgan fingerprint density at radius 2 is 1.62 bits per heavy atom. The second kappa shape index (κ2) is 20.6. The van der Waals surface area contributed by atoms with Gasteiger partial charge in [0.05, 0.1) is 25.2 Å². The monoisotopic (exact) mass is 947 g/mol. The number of allylic oxidation sites excluding steroid dienone is 1. The third kappa shape index (κ3) is 12.7. The van der Waals surface area contributed by atoms with Crippen molar-refractivity contribution in [3.63, 3.8) is 0 Å². The number of hydrogen-bond acceptors (Lipinski definition) is 20. The fourth-order valence-corrected chi connectivity index (χ4v) is 7.93. The fraction of sp³-hybridized carbons (Fsp3) is 0.571. The standard InChI is InChI=1S/C35H51N9O18P2/c1-6-7-8-24(46)42(5)19(13-56-16-23(45)41-35(2,3)4)33(49)61-27-20(59-31(25(27)47)43-11-9-18-29(37)38-17-39-30(18)43)15-58-64(54,55)62-28-21(14-57-63(51,52)53)60-32(26(28)48)44-12-10-22(36)40-34(44)50/h6,9-12,17,19-21,25-28,31-32,47-48H,1,7-8,13-16H2,2-5H3,(H,41,45)(H,54,55)(H2,36,40,50)(H2,37,38,39)(H2,51,52,53)/t19?,20-,21-,25-,26-,27-,28-,31-,32-/m1/s1. The van der Waals surface area contributed by atoms with Crippen molar-refractivity contribution in [3.05, 3.63) is 54.0 Å². The number of phosphoric ester groups is 2. The van der Waals surface area contributed by atoms with Crippen molar-refractivity contribution < 1.29 is 80.9 Å². The minimum atomic E-state index is -5.45. The van der Waals surface area contributed by atoms with E-state index in [9.17, 15) is 53.2 Å². The molecule has 354 valence electrons. The zero-order chi connectivity index (χ0) is 47.3. The van der Waals surface area contributed by atoms with Crippen molar-refractivity contribution in [2.24, 2.45) is 0 Å². The van der Waals surface area contributed by atoms with Gasteiger partial charge in [-0.15, -0.1) is 6.58 Å². The van der Waals surface area contributed by atoms with Gasteiger partial charge in [0.2, 0.25) is 11.8 Å². The van der Waals surface area contributed by atoms with Gasteiger partial charge in [-0.25, -0.2) is 28.7 Å². The molecule has 2 aliphatic heterocycles. The van der Waals surface area contributed by atoms with Crippen LogP contribution in [0.1, 0.15) is 46.1 Å². The van der Waals surface area contributed by atoms with E-state index in [2.05, 4.69) is 31.4 Å². The summed E-state index contributed by atoms with van der Waals surface area (Å²) in [6.07, 6.45) is -8.76. The van der Waals surface area contributed by atoms with E-state index in [1.54, 1.807) is 20.8 Å². The molecule has 0 bridgehead atoms. The molecular weight excluding hydrogens is 896 g/mol. The van der Waals surface area contributed by atoms with Gasteiger partial charge in [-0.05, 0) is 39.3 Å². The first kappa shape index (κ1) is 50.3. The predicted molar refractivity (Wildman–Crippen MR) is 218 cm³/mol. The van der Waals surface area contributed by atoms with Gasteiger partial charge in [0.1, 0.15) is 60.7 Å². The van der Waals surface area contributed by atoms with Crippen LogP contribution in [0.25, 0.3) is 11.0 Å². The first-order valence-corrected chi connectivity index (χ1v) is 22.3. The van der Waals surface area contributed by atoms with Gasteiger partial charge in [0.25, 0.3) is 0 Å². The summed E-state index contributed by atoms with van der Waals surface area (Å²) in [4.78, 5) is 94.6. The zero-order valence-corrected chi connectivity index (χ0v) is 36.7. The number of amides is 2. The van der Waals surface area contributed by atoms with E-state index in [1.165, 1.54) is 36.0 Å². The average molecular weight is 948 g/mol. The number of carbonyl (C=O) groups is 3. The lowest BCUT2D eigenvalue weighted by Gasteiger charge is -2.29. The molecule has 5 rings (SSSR count). The highest BCUT2D eigenvalue weighted by Gasteiger charge is 2.52. The van der Waals surface area contributed by atoms with Crippen molar-refractivity contribution >= 4 is 56.1 Å². The number of anilines is 2. The Morgan fingerprint density at radius 1 is 1.00 bits per heavy atom. The minimum Gasteiger partial charge on any atom is -0.455 e. The molecule has 0 radical (unpaired) electrons. The Morgan fingerprint density at radius 3 is 2.27 bits per heavy atom. The Bertz CT molecular complexity index is 2320. The normalized spacial score (nSPS) is 25.1. The summed E-state index contributed by atoms with van der Waals surface area (Å²) in [5, 5.41) is 26.0. The van der Waals surface area contributed by atoms with Crippen LogP contribution in [0, 0.1) is 0 Å². The molecule has 3 aromatic heterocycles. The number of hydrogen-bond donors (Lipinski definition) is 8. The van der Waals surface area contributed by atoms with Gasteiger partial charge in [-0.3, -0.25) is 27.7 Å². The summed E-state index contributed by atoms with van der Waals surface area (Å²) in [7, 11) is -9.35. The highest BCUT2D eigenvalue weighted by molar-refractivity contribution is 7.47. The summed E-state index contributed by atoms with van der Waals surface area (Å²) < 4.78 is 65.2. The number of nitrogens with one attached hydrogen (secondary N) is 1. The van der Waals surface area contributed by atoms with Crippen LogP contribution in [0.15, 0.2) is 48.3 Å². The molecule has 10 atom stereocenters. The highest BCUT2D eigenvalue weighted by atomic mass is 31.2. The molecule has 2 amide bonds. The molecule has 64 heavy (non-hydrogen) atoms. The van der Waals surface area contributed by atoms with Crippen molar-refractivity contribution in [1.29, 1.82) is 0 Å². The van der Waals surface area contributed by atoms with Gasteiger partial charge in [-0.2, -0.15) is 4.98 Å². The number of fused-ring (bicyclic) bond motifs is 1. The van der Waals surface area contributed by atoms with Crippen LogP contribution in [0.5, 0.6) is 0 Å². The maximum Gasteiger partial charge on any atom is 0.472 e. The van der Waals surface area contributed by atoms with Crippen LogP contribution in [0.4, 0.5) is 11.6 Å². The summed E-state index contributed by atoms with van der Waals surface area (Å²) in [5.74, 6) is -2.35. The third-order valence-corrected chi connectivity index (χ3v) is 11.1. The second-order valence-electron chi connectivity index (χ2n) is 15.6. The smallest absolute Gasteiger partial charge is 0.455 e. The van der Waals surface area contributed by atoms with Crippen LogP contribution in [-0.2, 0) is 56.0 Å². The maximum absolute atomic E-state index is 14.0. The molecule has 10 N–H and O–H groups in total. The van der Waals surface area contributed by atoms with E-state index >= 15 is 0 Å². The van der Waals surface area contributed by atoms with E-state index in [0.717, 1.165) is 22.0 Å². The number of rotatable bonds is 20. The van der Waals surface area contributed by atoms with Crippen molar-refractivity contribution in [1.82, 2.24) is 34.3 Å². The number of esters is 1. The van der Waals surface area contributed by atoms with E-state index in [4.69, 9.17) is 39.5 Å². The van der Waals surface area contributed by atoms with Gasteiger partial charge < -0.3 is 70.1 Å². The molecule has 0 spiro atoms. The molecular formula is C35H51N9O18P2.